The Morgan fingerprint density at radius 2 is 1.41 bits per heavy atom. The third kappa shape index (κ3) is 5.51. The molecule has 0 heterocycles. The minimum absolute atomic E-state index is 0. The maximum Gasteiger partial charge on any atom is -1.00 e. The van der Waals surface area contributed by atoms with Crippen LogP contribution in [0, 0.1) is 5.41 Å². The number of allylic oxidation sites excluding steroid dienone is 1. The van der Waals surface area contributed by atoms with E-state index in [2.05, 4.69) is 118 Å². The van der Waals surface area contributed by atoms with Crippen molar-refractivity contribution < 1.29 is 47.7 Å². The molecule has 1 nitrogen and oxygen atoms in total. The smallest absolute Gasteiger partial charge is 1.00 e. The summed E-state index contributed by atoms with van der Waals surface area (Å²) in [4.78, 5) is 0. The van der Waals surface area contributed by atoms with Crippen LogP contribution < -0.4 is 28.7 Å². The Morgan fingerprint density at radius 3 is 2.18 bits per heavy atom. The molecule has 4 aromatic carbocycles. The second-order valence-electron chi connectivity index (χ2n) is 9.73. The third-order valence-electron chi connectivity index (χ3n) is 5.99. The van der Waals surface area contributed by atoms with Gasteiger partial charge in [0.2, 0.25) is 0 Å². The van der Waals surface area contributed by atoms with Gasteiger partial charge in [-0.15, -0.1) is 0 Å². The predicted octanol–water partition coefficient (Wildman–Crippen LogP) is 1.22. The van der Waals surface area contributed by atoms with Gasteiger partial charge in [0.15, 0.2) is 0 Å². The van der Waals surface area contributed by atoms with Crippen LogP contribution in [0.15, 0.2) is 91.0 Å². The van der Waals surface area contributed by atoms with Crippen molar-refractivity contribution in [1.82, 2.24) is 0 Å². The minimum atomic E-state index is -0.753. The second-order valence-corrected chi connectivity index (χ2v) is 11.3. The molecule has 0 spiro atoms. The summed E-state index contributed by atoms with van der Waals surface area (Å²) in [7, 11) is 0. The van der Waals surface area contributed by atoms with Crippen LogP contribution >= 0.6 is 0 Å². The summed E-state index contributed by atoms with van der Waals surface area (Å²) < 4.78 is 7.85. The van der Waals surface area contributed by atoms with E-state index < -0.39 is 19.5 Å². The van der Waals surface area contributed by atoms with E-state index in [1.807, 2.05) is 0 Å². The summed E-state index contributed by atoms with van der Waals surface area (Å²) in [6.45, 7) is 7.52. The van der Waals surface area contributed by atoms with Crippen LogP contribution in [0.1, 0.15) is 48.9 Å². The number of hydrogen-bond acceptors (Lipinski definition) is 1. The molecule has 172 valence electrons. The number of fused-ring (bicyclic) bond motifs is 2. The molecule has 1 unspecified atom stereocenters. The molecule has 0 fully saturated rings. The van der Waals surface area contributed by atoms with Crippen LogP contribution in [0.25, 0.3) is 22.4 Å². The van der Waals surface area contributed by atoms with Crippen molar-refractivity contribution in [2.45, 2.75) is 26.7 Å². The fourth-order valence-electron chi connectivity index (χ4n) is 4.51. The minimum Gasteiger partial charge on any atom is -1.00 e. The van der Waals surface area contributed by atoms with Gasteiger partial charge in [-0.2, -0.15) is 0 Å². The Balaban J connectivity index is 0.00000162. The predicted molar refractivity (Wildman–Crippen MR) is 132 cm³/mol. The van der Waals surface area contributed by atoms with Crippen molar-refractivity contribution in [2.24, 2.45) is 5.41 Å². The van der Waals surface area contributed by atoms with Crippen molar-refractivity contribution >= 4 is 26.3 Å². The van der Waals surface area contributed by atoms with Gasteiger partial charge in [0.05, 0.1) is 0 Å². The average molecular weight is 523 g/mol. The van der Waals surface area contributed by atoms with Gasteiger partial charge < -0.3 is 24.8 Å². The number of halogens is 2. The van der Waals surface area contributed by atoms with E-state index in [1.54, 1.807) is 0 Å². The molecule has 0 aliphatic heterocycles. The zero-order valence-electron chi connectivity index (χ0n) is 19.7. The molecule has 0 saturated carbocycles. The Kier molecular flexibility index (Phi) is 8.84. The van der Waals surface area contributed by atoms with Crippen molar-refractivity contribution in [3.8, 4) is 0 Å². The van der Waals surface area contributed by atoms with E-state index in [4.69, 9.17) is 3.32 Å². The fourth-order valence-corrected chi connectivity index (χ4v) is 6.59. The molecule has 5 rings (SSSR count). The van der Waals surface area contributed by atoms with Crippen molar-refractivity contribution in [3.63, 3.8) is 0 Å². The van der Waals surface area contributed by atoms with Crippen molar-refractivity contribution in [1.29, 1.82) is 0 Å². The molecular weight excluding hydrogens is 495 g/mol. The van der Waals surface area contributed by atoms with Crippen LogP contribution in [-0.4, -0.2) is 6.61 Å². The van der Waals surface area contributed by atoms with E-state index in [0.29, 0.717) is 0 Å². The Morgan fingerprint density at radius 1 is 0.735 bits per heavy atom. The molecule has 1 atom stereocenters. The quantitative estimate of drug-likeness (QED) is 0.358. The van der Waals surface area contributed by atoms with Crippen LogP contribution in [0.2, 0.25) is 0 Å². The molecule has 0 saturated heterocycles. The van der Waals surface area contributed by atoms with Crippen LogP contribution in [0.5, 0.6) is 0 Å². The molecule has 1 aliphatic carbocycles. The monoisotopic (exact) mass is 522 g/mol. The molecule has 4 aromatic rings. The zero-order valence-corrected chi connectivity index (χ0v) is 22.8. The third-order valence-corrected chi connectivity index (χ3v) is 7.63. The molecule has 34 heavy (non-hydrogen) atoms. The van der Waals surface area contributed by atoms with E-state index >= 15 is 0 Å². The van der Waals surface area contributed by atoms with E-state index in [0.717, 1.165) is 6.61 Å². The average Bonchev–Trinajstić information content (AvgIpc) is 3.18. The fraction of sp³-hybridized carbons (Fsp3) is 0.200. The molecule has 0 amide bonds. The molecule has 0 bridgehead atoms. The number of rotatable bonds is 5. The standard InChI is InChI=1S/C25H17.C5H11O.2ClH.Ti/c1-2-9-19(10-3-1)24-17-21-12-6-7-13-23(21)25(24)22-15-14-18-8-4-5-11-20(18)16-22;1-5(2,3)4-6;;;/h1-15,17,25H;4H2,1-3H3;2*1H;/q;-1;;;+3/p-2. The Hall–Kier alpha value is -1.87. The zero-order chi connectivity index (χ0) is 22.1. The summed E-state index contributed by atoms with van der Waals surface area (Å²) in [5, 5.41) is 2.64. The summed E-state index contributed by atoms with van der Waals surface area (Å²) in [6, 6.07) is 33.1. The SMILES string of the molecule is CC(C)(C)C[O][Ti+2][c]1c(C2C(c3ccccc3)=Cc3ccccc32)ccc2ccccc12.[Cl-].[Cl-]. The van der Waals surface area contributed by atoms with E-state index in [9.17, 15) is 0 Å². The first-order valence-corrected chi connectivity index (χ1v) is 12.7. The van der Waals surface area contributed by atoms with Crippen molar-refractivity contribution in [2.75, 3.05) is 6.61 Å². The molecule has 0 radical (unpaired) electrons. The van der Waals surface area contributed by atoms with Gasteiger partial charge in [-0.25, -0.2) is 0 Å². The van der Waals surface area contributed by atoms with Crippen LogP contribution in [-0.2, 0) is 22.9 Å². The summed E-state index contributed by atoms with van der Waals surface area (Å²) >= 11 is -0.753. The molecular formula is C30H28Cl2OTi. The Labute approximate surface area is 224 Å². The van der Waals surface area contributed by atoms with Gasteiger partial charge in [0.25, 0.3) is 0 Å². The van der Waals surface area contributed by atoms with Gasteiger partial charge in [0.1, 0.15) is 0 Å². The number of hydrogen-bond donors (Lipinski definition) is 0. The van der Waals surface area contributed by atoms with Gasteiger partial charge in [0, 0.05) is 0 Å². The first-order chi connectivity index (χ1) is 15.5. The van der Waals surface area contributed by atoms with Gasteiger partial charge in [-0.05, 0) is 0 Å². The summed E-state index contributed by atoms with van der Waals surface area (Å²) in [6.07, 6.45) is 2.38. The first-order valence-electron chi connectivity index (χ1n) is 11.3. The molecule has 4 heteroatoms. The second kappa shape index (κ2) is 11.2. The molecule has 1 aliphatic rings. The molecule has 0 aromatic heterocycles. The van der Waals surface area contributed by atoms with E-state index in [-0.39, 0.29) is 36.1 Å². The topological polar surface area (TPSA) is 9.23 Å². The van der Waals surface area contributed by atoms with Crippen LogP contribution in [0.4, 0.5) is 0 Å². The van der Waals surface area contributed by atoms with Gasteiger partial charge in [-0.3, -0.25) is 0 Å². The van der Waals surface area contributed by atoms with E-state index in [1.165, 1.54) is 42.5 Å². The largest absolute Gasteiger partial charge is 1.00 e. The van der Waals surface area contributed by atoms with Crippen LogP contribution in [0.3, 0.4) is 0 Å². The molecule has 0 N–H and O–H groups in total. The van der Waals surface area contributed by atoms with Crippen molar-refractivity contribution in [3.05, 3.63) is 113 Å². The Bertz CT molecular complexity index is 1290. The number of benzene rings is 4. The summed E-state index contributed by atoms with van der Waals surface area (Å²) in [5.41, 5.74) is 6.96. The maximum absolute atomic E-state index is 6.43. The maximum atomic E-state index is 6.43. The van der Waals surface area contributed by atoms with Gasteiger partial charge in [-0.1, -0.05) is 0 Å². The normalized spacial score (nSPS) is 14.4. The van der Waals surface area contributed by atoms with Gasteiger partial charge >= 0.3 is 201 Å². The summed E-state index contributed by atoms with van der Waals surface area (Å²) in [5.74, 6) is 0.232. The first kappa shape index (κ1) is 26.7.